The van der Waals surface area contributed by atoms with E-state index in [1.807, 2.05) is 11.8 Å². The highest BCUT2D eigenvalue weighted by Gasteiger charge is 2.04. The van der Waals surface area contributed by atoms with Crippen molar-refractivity contribution in [2.45, 2.75) is 32.6 Å². The van der Waals surface area contributed by atoms with Crippen LogP contribution in [-0.2, 0) is 14.3 Å². The van der Waals surface area contributed by atoms with E-state index in [0.29, 0.717) is 12.2 Å². The average molecular weight is 303 g/mol. The third kappa shape index (κ3) is 11.9. The fourth-order valence-electron chi connectivity index (χ4n) is 1.34. The highest BCUT2D eigenvalue weighted by molar-refractivity contribution is 7.98. The molecule has 20 heavy (non-hydrogen) atoms. The first-order chi connectivity index (χ1) is 9.57. The number of nitrogens with one attached hydrogen (secondary N) is 1. The van der Waals surface area contributed by atoms with Gasteiger partial charge in [0.05, 0.1) is 13.2 Å². The molecule has 0 saturated carbocycles. The zero-order valence-corrected chi connectivity index (χ0v) is 13.2. The van der Waals surface area contributed by atoms with Gasteiger partial charge in [0.15, 0.2) is 0 Å². The van der Waals surface area contributed by atoms with Crippen LogP contribution in [0, 0.1) is 0 Å². The van der Waals surface area contributed by atoms with Crippen molar-refractivity contribution in [1.82, 2.24) is 5.32 Å². The van der Waals surface area contributed by atoms with Crippen LogP contribution in [0.25, 0.3) is 0 Å². The Balaban J connectivity index is 3.33. The number of carbonyl (C=O) groups is 2. The summed E-state index contributed by atoms with van der Waals surface area (Å²) in [6, 6.07) is 0. The standard InChI is InChI=1S/C14H25NO4S/c1-12(2)13(16)18-10-8-15-14(17)19-9-6-4-5-7-11-20-3/h1,4-11H2,2-3H3,(H,15,17). The van der Waals surface area contributed by atoms with E-state index < -0.39 is 12.1 Å². The van der Waals surface area contributed by atoms with Gasteiger partial charge in [-0.15, -0.1) is 0 Å². The molecule has 0 unspecified atom stereocenters. The Bertz CT molecular complexity index is 308. The maximum atomic E-state index is 11.3. The normalized spacial score (nSPS) is 9.90. The number of hydrogen-bond acceptors (Lipinski definition) is 5. The summed E-state index contributed by atoms with van der Waals surface area (Å²) in [5.74, 6) is 0.731. The number of carbonyl (C=O) groups excluding carboxylic acids is 2. The highest BCUT2D eigenvalue weighted by atomic mass is 32.2. The smallest absolute Gasteiger partial charge is 0.407 e. The number of ether oxygens (including phenoxy) is 2. The van der Waals surface area contributed by atoms with Crippen molar-refractivity contribution in [1.29, 1.82) is 0 Å². The summed E-state index contributed by atoms with van der Waals surface area (Å²) >= 11 is 1.85. The molecule has 0 aromatic rings. The van der Waals surface area contributed by atoms with Crippen molar-refractivity contribution in [2.24, 2.45) is 0 Å². The summed E-state index contributed by atoms with van der Waals surface area (Å²) in [5, 5.41) is 2.52. The van der Waals surface area contributed by atoms with Gasteiger partial charge >= 0.3 is 12.1 Å². The minimum absolute atomic E-state index is 0.121. The molecule has 0 spiro atoms. The van der Waals surface area contributed by atoms with Crippen LogP contribution in [0.2, 0.25) is 0 Å². The molecule has 116 valence electrons. The Hall–Kier alpha value is -1.17. The molecule has 0 aromatic heterocycles. The topological polar surface area (TPSA) is 64.6 Å². The van der Waals surface area contributed by atoms with Gasteiger partial charge in [0.2, 0.25) is 0 Å². The van der Waals surface area contributed by atoms with Crippen molar-refractivity contribution >= 4 is 23.8 Å². The molecular formula is C14H25NO4S. The summed E-state index contributed by atoms with van der Waals surface area (Å²) in [6.07, 6.45) is 5.96. The minimum atomic E-state index is -0.472. The van der Waals surface area contributed by atoms with Gasteiger partial charge in [0, 0.05) is 5.57 Å². The monoisotopic (exact) mass is 303 g/mol. The van der Waals surface area contributed by atoms with Crippen molar-refractivity contribution < 1.29 is 19.1 Å². The molecule has 0 aliphatic rings. The Morgan fingerprint density at radius 1 is 1.10 bits per heavy atom. The lowest BCUT2D eigenvalue weighted by atomic mass is 10.2. The molecule has 0 aliphatic carbocycles. The van der Waals surface area contributed by atoms with Gasteiger partial charge in [-0.25, -0.2) is 9.59 Å². The Morgan fingerprint density at radius 3 is 2.45 bits per heavy atom. The van der Waals surface area contributed by atoms with Crippen LogP contribution < -0.4 is 5.32 Å². The first-order valence-electron chi connectivity index (χ1n) is 6.80. The second-order valence-electron chi connectivity index (χ2n) is 4.39. The molecular weight excluding hydrogens is 278 g/mol. The van der Waals surface area contributed by atoms with Crippen LogP contribution in [0.5, 0.6) is 0 Å². The molecule has 1 amide bonds. The number of rotatable bonds is 11. The lowest BCUT2D eigenvalue weighted by Crippen LogP contribution is -2.29. The largest absolute Gasteiger partial charge is 0.460 e. The van der Waals surface area contributed by atoms with Crippen molar-refractivity contribution in [3.05, 3.63) is 12.2 Å². The summed E-state index contributed by atoms with van der Waals surface area (Å²) < 4.78 is 9.81. The van der Waals surface area contributed by atoms with Gasteiger partial charge in [0.25, 0.3) is 0 Å². The molecule has 0 aliphatic heterocycles. The predicted octanol–water partition coefficient (Wildman–Crippen LogP) is 2.76. The van der Waals surface area contributed by atoms with Gasteiger partial charge in [-0.05, 0) is 31.8 Å². The number of thioether (sulfide) groups is 1. The zero-order valence-electron chi connectivity index (χ0n) is 12.4. The summed E-state index contributed by atoms with van der Waals surface area (Å²) in [7, 11) is 0. The number of esters is 1. The van der Waals surface area contributed by atoms with E-state index in [1.54, 1.807) is 6.92 Å². The quantitative estimate of drug-likeness (QED) is 0.361. The average Bonchev–Trinajstić information content (AvgIpc) is 2.42. The van der Waals surface area contributed by atoms with Crippen molar-refractivity contribution in [2.75, 3.05) is 31.8 Å². The van der Waals surface area contributed by atoms with Crippen molar-refractivity contribution in [3.8, 4) is 0 Å². The fraction of sp³-hybridized carbons (Fsp3) is 0.714. The van der Waals surface area contributed by atoms with E-state index in [9.17, 15) is 9.59 Å². The van der Waals surface area contributed by atoms with Gasteiger partial charge in [-0.1, -0.05) is 19.4 Å². The van der Waals surface area contributed by atoms with Crippen LogP contribution >= 0.6 is 11.8 Å². The summed E-state index contributed by atoms with van der Waals surface area (Å²) in [6.45, 7) is 5.82. The maximum Gasteiger partial charge on any atom is 0.407 e. The maximum absolute atomic E-state index is 11.3. The lowest BCUT2D eigenvalue weighted by Gasteiger charge is -2.07. The molecule has 0 fully saturated rings. The van der Waals surface area contributed by atoms with E-state index in [1.165, 1.54) is 18.6 Å². The molecule has 0 rings (SSSR count). The predicted molar refractivity (Wildman–Crippen MR) is 82.0 cm³/mol. The van der Waals surface area contributed by atoms with Gasteiger partial charge in [-0.2, -0.15) is 11.8 Å². The zero-order chi connectivity index (χ0) is 15.2. The molecule has 0 bridgehead atoms. The molecule has 0 radical (unpaired) electrons. The number of hydrogen-bond donors (Lipinski definition) is 1. The molecule has 1 N–H and O–H groups in total. The van der Waals surface area contributed by atoms with Crippen LogP contribution in [0.1, 0.15) is 32.6 Å². The molecule has 0 atom stereocenters. The first-order valence-corrected chi connectivity index (χ1v) is 8.19. The van der Waals surface area contributed by atoms with Gasteiger partial charge in [0.1, 0.15) is 6.61 Å². The molecule has 0 saturated heterocycles. The first kappa shape index (κ1) is 18.8. The Labute approximate surface area is 125 Å². The van der Waals surface area contributed by atoms with E-state index in [-0.39, 0.29) is 13.2 Å². The third-order valence-corrected chi connectivity index (χ3v) is 3.13. The van der Waals surface area contributed by atoms with Crippen LogP contribution in [0.15, 0.2) is 12.2 Å². The number of unbranched alkanes of at least 4 members (excludes halogenated alkanes) is 3. The van der Waals surface area contributed by atoms with E-state index in [2.05, 4.69) is 18.2 Å². The second kappa shape index (κ2) is 12.8. The summed E-state index contributed by atoms with van der Waals surface area (Å²) in [5.41, 5.74) is 0.342. The Morgan fingerprint density at radius 2 is 1.80 bits per heavy atom. The van der Waals surface area contributed by atoms with Gasteiger partial charge in [-0.3, -0.25) is 0 Å². The lowest BCUT2D eigenvalue weighted by molar-refractivity contribution is -0.138. The summed E-state index contributed by atoms with van der Waals surface area (Å²) in [4.78, 5) is 22.3. The van der Waals surface area contributed by atoms with Crippen LogP contribution in [-0.4, -0.2) is 43.8 Å². The fourth-order valence-corrected chi connectivity index (χ4v) is 1.83. The highest BCUT2D eigenvalue weighted by Crippen LogP contribution is 2.04. The van der Waals surface area contributed by atoms with Gasteiger partial charge < -0.3 is 14.8 Å². The third-order valence-electron chi connectivity index (χ3n) is 2.43. The minimum Gasteiger partial charge on any atom is -0.460 e. The van der Waals surface area contributed by atoms with E-state index >= 15 is 0 Å². The molecule has 6 heteroatoms. The Kier molecular flexibility index (Phi) is 12.1. The van der Waals surface area contributed by atoms with Crippen molar-refractivity contribution in [3.63, 3.8) is 0 Å². The SMILES string of the molecule is C=C(C)C(=O)OCCNC(=O)OCCCCCCSC. The van der Waals surface area contributed by atoms with E-state index in [4.69, 9.17) is 9.47 Å². The molecule has 5 nitrogen and oxygen atoms in total. The molecule has 0 heterocycles. The number of alkyl carbamates (subject to hydrolysis) is 1. The van der Waals surface area contributed by atoms with Crippen LogP contribution in [0.3, 0.4) is 0 Å². The number of amides is 1. The van der Waals surface area contributed by atoms with E-state index in [0.717, 1.165) is 12.8 Å². The van der Waals surface area contributed by atoms with Crippen LogP contribution in [0.4, 0.5) is 4.79 Å². The molecule has 0 aromatic carbocycles. The second-order valence-corrected chi connectivity index (χ2v) is 5.37.